The summed E-state index contributed by atoms with van der Waals surface area (Å²) in [6.45, 7) is 2.03. The van der Waals surface area contributed by atoms with Crippen molar-refractivity contribution in [3.8, 4) is 5.75 Å². The Hall–Kier alpha value is -1.85. The fourth-order valence-corrected chi connectivity index (χ4v) is 5.36. The zero-order valence-electron chi connectivity index (χ0n) is 14.7. The van der Waals surface area contributed by atoms with Gasteiger partial charge in [0.2, 0.25) is 0 Å². The highest BCUT2D eigenvalue weighted by atomic mass is 32.1. The number of hydrogen-bond donors (Lipinski definition) is 1. The van der Waals surface area contributed by atoms with Crippen LogP contribution in [0.1, 0.15) is 53.9 Å². The maximum Gasteiger partial charge on any atom is 0.343 e. The van der Waals surface area contributed by atoms with Crippen LogP contribution < -0.4 is 5.63 Å². The van der Waals surface area contributed by atoms with E-state index in [9.17, 15) is 9.90 Å². The molecule has 1 unspecified atom stereocenters. The number of hydrogen-bond acceptors (Lipinski definition) is 5. The average molecular weight is 387 g/mol. The maximum atomic E-state index is 12.7. The van der Waals surface area contributed by atoms with Crippen molar-refractivity contribution in [3.05, 3.63) is 72.6 Å². The van der Waals surface area contributed by atoms with Gasteiger partial charge in [-0.3, -0.25) is 0 Å². The van der Waals surface area contributed by atoms with Crippen molar-refractivity contribution < 1.29 is 9.52 Å². The van der Waals surface area contributed by atoms with Gasteiger partial charge >= 0.3 is 5.63 Å². The van der Waals surface area contributed by atoms with Crippen LogP contribution in [-0.4, -0.2) is 5.11 Å². The van der Waals surface area contributed by atoms with Crippen molar-refractivity contribution in [1.29, 1.82) is 0 Å². The Kier molecular flexibility index (Phi) is 4.76. The van der Waals surface area contributed by atoms with Crippen LogP contribution >= 0.6 is 22.7 Å². The van der Waals surface area contributed by atoms with E-state index in [4.69, 9.17) is 4.42 Å². The highest BCUT2D eigenvalue weighted by Crippen LogP contribution is 2.51. The van der Waals surface area contributed by atoms with E-state index in [1.807, 2.05) is 24.4 Å². The monoisotopic (exact) mass is 386 g/mol. The van der Waals surface area contributed by atoms with E-state index in [2.05, 4.69) is 16.8 Å². The van der Waals surface area contributed by atoms with Gasteiger partial charge in [0.25, 0.3) is 0 Å². The van der Waals surface area contributed by atoms with Crippen molar-refractivity contribution >= 4 is 22.7 Å². The predicted molar refractivity (Wildman–Crippen MR) is 106 cm³/mol. The molecule has 3 nitrogen and oxygen atoms in total. The molecule has 1 saturated carbocycles. The van der Waals surface area contributed by atoms with E-state index >= 15 is 0 Å². The normalized spacial score (nSPS) is 16.5. The molecule has 1 N–H and O–H groups in total. The first kappa shape index (κ1) is 17.6. The smallest absolute Gasteiger partial charge is 0.343 e. The van der Waals surface area contributed by atoms with E-state index in [0.29, 0.717) is 17.7 Å². The molecule has 3 aromatic rings. The molecule has 1 aliphatic carbocycles. The Morgan fingerprint density at radius 2 is 2.12 bits per heavy atom. The molecule has 4 rings (SSSR count). The van der Waals surface area contributed by atoms with E-state index in [1.54, 1.807) is 28.7 Å². The zero-order chi connectivity index (χ0) is 18.1. The largest absolute Gasteiger partial charge is 0.507 e. The molecule has 0 amide bonds. The zero-order valence-corrected chi connectivity index (χ0v) is 16.4. The molecule has 0 aliphatic heterocycles. The van der Waals surface area contributed by atoms with Gasteiger partial charge in [-0.05, 0) is 64.9 Å². The molecule has 0 saturated heterocycles. The third-order valence-corrected chi connectivity index (χ3v) is 7.04. The topological polar surface area (TPSA) is 50.4 Å². The van der Waals surface area contributed by atoms with Crippen molar-refractivity contribution in [2.45, 2.75) is 44.9 Å². The van der Waals surface area contributed by atoms with Gasteiger partial charge in [0.05, 0.1) is 5.56 Å². The Labute approximate surface area is 161 Å². The van der Waals surface area contributed by atoms with Gasteiger partial charge in [0.1, 0.15) is 11.5 Å². The summed E-state index contributed by atoms with van der Waals surface area (Å²) in [6.07, 6.45) is 4.75. The highest BCUT2D eigenvalue weighted by molar-refractivity contribution is 7.10. The standard InChI is InChI=1S/C21H22O3S2/c1-2-16(18-4-3-8-26-18)19-17(22)10-15(24-20(19)23)12-21(6-7-21)11-14-5-9-25-13-14/h3-5,8-10,13,16,22H,2,6-7,11-12H2,1H3. The number of aromatic hydroxyl groups is 1. The van der Waals surface area contributed by atoms with Crippen molar-refractivity contribution in [1.82, 2.24) is 0 Å². The van der Waals surface area contributed by atoms with Crippen LogP contribution in [0.15, 0.2) is 49.6 Å². The van der Waals surface area contributed by atoms with Crippen molar-refractivity contribution in [2.24, 2.45) is 5.41 Å². The van der Waals surface area contributed by atoms with Gasteiger partial charge in [0, 0.05) is 23.3 Å². The van der Waals surface area contributed by atoms with Crippen LogP contribution in [0.2, 0.25) is 0 Å². The lowest BCUT2D eigenvalue weighted by Crippen LogP contribution is -2.16. The van der Waals surface area contributed by atoms with Crippen LogP contribution in [0.3, 0.4) is 0 Å². The first-order valence-corrected chi connectivity index (χ1v) is 10.8. The number of rotatable bonds is 7. The SMILES string of the molecule is CCC(c1cccs1)c1c(O)cc(CC2(Cc3ccsc3)CC2)oc1=O. The molecule has 0 bridgehead atoms. The summed E-state index contributed by atoms with van der Waals surface area (Å²) < 4.78 is 5.66. The third kappa shape index (κ3) is 3.51. The predicted octanol–water partition coefficient (Wildman–Crippen LogP) is 5.58. The van der Waals surface area contributed by atoms with Gasteiger partial charge < -0.3 is 9.52 Å². The summed E-state index contributed by atoms with van der Waals surface area (Å²) in [6, 6.07) is 7.80. The molecule has 3 heterocycles. The molecule has 1 atom stereocenters. The minimum Gasteiger partial charge on any atom is -0.507 e. The fourth-order valence-electron chi connectivity index (χ4n) is 3.77. The molecule has 3 aromatic heterocycles. The minimum atomic E-state index is -0.397. The van der Waals surface area contributed by atoms with Crippen molar-refractivity contribution in [2.75, 3.05) is 0 Å². The van der Waals surface area contributed by atoms with Crippen LogP contribution in [0.25, 0.3) is 0 Å². The highest BCUT2D eigenvalue weighted by Gasteiger charge is 2.43. The van der Waals surface area contributed by atoms with Gasteiger partial charge in [-0.1, -0.05) is 13.0 Å². The van der Waals surface area contributed by atoms with Crippen molar-refractivity contribution in [3.63, 3.8) is 0 Å². The average Bonchev–Trinajstić information content (AvgIpc) is 3.03. The summed E-state index contributed by atoms with van der Waals surface area (Å²) in [5.74, 6) is 0.564. The quantitative estimate of drug-likeness (QED) is 0.577. The van der Waals surface area contributed by atoms with E-state index < -0.39 is 5.63 Å². The fraction of sp³-hybridized carbons (Fsp3) is 0.381. The minimum absolute atomic E-state index is 0.0721. The van der Waals surface area contributed by atoms with Gasteiger partial charge in [0.15, 0.2) is 0 Å². The summed E-state index contributed by atoms with van der Waals surface area (Å²) in [4.78, 5) is 13.7. The van der Waals surface area contributed by atoms with Crippen LogP contribution in [0.5, 0.6) is 5.75 Å². The van der Waals surface area contributed by atoms with E-state index in [1.165, 1.54) is 5.56 Å². The number of thiophene rings is 2. The summed E-state index contributed by atoms with van der Waals surface area (Å²) >= 11 is 3.32. The Morgan fingerprint density at radius 1 is 1.27 bits per heavy atom. The molecular formula is C21H22O3S2. The molecule has 0 spiro atoms. The van der Waals surface area contributed by atoms with Gasteiger partial charge in [-0.2, -0.15) is 11.3 Å². The summed E-state index contributed by atoms with van der Waals surface area (Å²) in [7, 11) is 0. The second-order valence-electron chi connectivity index (χ2n) is 7.26. The van der Waals surface area contributed by atoms with E-state index in [0.717, 1.165) is 30.6 Å². The Balaban J connectivity index is 1.59. The Morgan fingerprint density at radius 3 is 2.69 bits per heavy atom. The molecule has 5 heteroatoms. The molecule has 1 aliphatic rings. The first-order chi connectivity index (χ1) is 12.6. The third-order valence-electron chi connectivity index (χ3n) is 5.33. The molecule has 0 radical (unpaired) electrons. The van der Waals surface area contributed by atoms with Gasteiger partial charge in [-0.25, -0.2) is 4.79 Å². The second-order valence-corrected chi connectivity index (χ2v) is 9.02. The molecule has 0 aromatic carbocycles. The summed E-state index contributed by atoms with van der Waals surface area (Å²) in [5, 5.41) is 16.9. The molecule has 1 fully saturated rings. The molecular weight excluding hydrogens is 364 g/mol. The second kappa shape index (κ2) is 7.05. The van der Waals surface area contributed by atoms with Gasteiger partial charge in [-0.15, -0.1) is 11.3 Å². The van der Waals surface area contributed by atoms with Crippen LogP contribution in [0, 0.1) is 5.41 Å². The maximum absolute atomic E-state index is 12.7. The van der Waals surface area contributed by atoms with Crippen LogP contribution in [-0.2, 0) is 12.8 Å². The van der Waals surface area contributed by atoms with Crippen LogP contribution in [0.4, 0.5) is 0 Å². The first-order valence-electron chi connectivity index (χ1n) is 9.00. The lowest BCUT2D eigenvalue weighted by atomic mass is 9.92. The summed E-state index contributed by atoms with van der Waals surface area (Å²) in [5.41, 5.74) is 1.52. The lowest BCUT2D eigenvalue weighted by Gasteiger charge is -2.16. The molecule has 26 heavy (non-hydrogen) atoms. The lowest BCUT2D eigenvalue weighted by molar-refractivity contribution is 0.373. The Bertz CT molecular complexity index is 919. The molecule has 136 valence electrons. The van der Waals surface area contributed by atoms with E-state index in [-0.39, 0.29) is 17.1 Å².